The zero-order valence-electron chi connectivity index (χ0n) is 12.7. The van der Waals surface area contributed by atoms with Gasteiger partial charge in [0.25, 0.3) is 0 Å². The highest BCUT2D eigenvalue weighted by Crippen LogP contribution is 2.29. The van der Waals surface area contributed by atoms with Gasteiger partial charge in [-0.3, -0.25) is 4.90 Å². The Hall–Kier alpha value is -0.870. The third-order valence-corrected chi connectivity index (χ3v) is 5.08. The molecule has 0 aromatic carbocycles. The number of hydrogen-bond acceptors (Lipinski definition) is 3. The van der Waals surface area contributed by atoms with Crippen LogP contribution in [0.3, 0.4) is 0 Å². The van der Waals surface area contributed by atoms with Crippen molar-refractivity contribution in [1.29, 1.82) is 0 Å². The van der Waals surface area contributed by atoms with Crippen LogP contribution in [0.4, 0.5) is 0 Å². The molecule has 2 aliphatic heterocycles. The molecule has 1 aromatic heterocycles. The zero-order chi connectivity index (χ0) is 13.8. The average Bonchev–Trinajstić information content (AvgIpc) is 2.96. The molecule has 2 fully saturated rings. The first-order valence-electron chi connectivity index (χ1n) is 8.33. The summed E-state index contributed by atoms with van der Waals surface area (Å²) >= 11 is 0. The van der Waals surface area contributed by atoms with Gasteiger partial charge in [0.1, 0.15) is 5.82 Å². The van der Waals surface area contributed by atoms with Gasteiger partial charge in [0.2, 0.25) is 0 Å². The number of piperidine rings is 2. The van der Waals surface area contributed by atoms with Crippen LogP contribution in [-0.2, 0) is 13.1 Å². The number of nitrogens with one attached hydrogen (secondary N) is 1. The highest BCUT2D eigenvalue weighted by Gasteiger charge is 2.31. The maximum Gasteiger partial charge on any atom is 0.122 e. The van der Waals surface area contributed by atoms with Crippen LogP contribution in [0.5, 0.6) is 0 Å². The van der Waals surface area contributed by atoms with E-state index in [4.69, 9.17) is 0 Å². The smallest absolute Gasteiger partial charge is 0.122 e. The van der Waals surface area contributed by atoms with Gasteiger partial charge >= 0.3 is 0 Å². The summed E-state index contributed by atoms with van der Waals surface area (Å²) in [5.74, 6) is 2.13. The number of aromatic nitrogens is 2. The fourth-order valence-corrected chi connectivity index (χ4v) is 3.94. The highest BCUT2D eigenvalue weighted by molar-refractivity contribution is 4.95. The molecule has 0 bridgehead atoms. The minimum atomic E-state index is 0.785. The average molecular weight is 276 g/mol. The van der Waals surface area contributed by atoms with Gasteiger partial charge < -0.3 is 9.88 Å². The van der Waals surface area contributed by atoms with E-state index in [0.717, 1.165) is 25.0 Å². The van der Waals surface area contributed by atoms with Crippen LogP contribution in [-0.4, -0.2) is 40.1 Å². The molecule has 2 saturated heterocycles. The number of imidazole rings is 1. The van der Waals surface area contributed by atoms with Gasteiger partial charge in [0.15, 0.2) is 0 Å². The summed E-state index contributed by atoms with van der Waals surface area (Å²) in [5.41, 5.74) is 0. The van der Waals surface area contributed by atoms with Crippen LogP contribution < -0.4 is 5.32 Å². The zero-order valence-corrected chi connectivity index (χ0v) is 12.7. The molecule has 2 aliphatic rings. The van der Waals surface area contributed by atoms with E-state index in [1.54, 1.807) is 0 Å². The van der Waals surface area contributed by atoms with Crippen molar-refractivity contribution >= 4 is 0 Å². The van der Waals surface area contributed by atoms with E-state index in [1.807, 2.05) is 6.20 Å². The molecule has 4 nitrogen and oxygen atoms in total. The second-order valence-corrected chi connectivity index (χ2v) is 6.25. The number of aryl methyl sites for hydroxylation is 1. The molecule has 1 atom stereocenters. The molecule has 112 valence electrons. The maximum atomic E-state index is 4.57. The van der Waals surface area contributed by atoms with Crippen LogP contribution in [0.15, 0.2) is 12.4 Å². The molecule has 20 heavy (non-hydrogen) atoms. The van der Waals surface area contributed by atoms with Crippen molar-refractivity contribution < 1.29 is 0 Å². The van der Waals surface area contributed by atoms with E-state index in [0.29, 0.717) is 0 Å². The van der Waals surface area contributed by atoms with Gasteiger partial charge in [0, 0.05) is 25.0 Å². The van der Waals surface area contributed by atoms with Gasteiger partial charge in [-0.15, -0.1) is 0 Å². The van der Waals surface area contributed by atoms with Crippen molar-refractivity contribution in [3.8, 4) is 0 Å². The van der Waals surface area contributed by atoms with Crippen LogP contribution in [0.25, 0.3) is 0 Å². The van der Waals surface area contributed by atoms with E-state index in [-0.39, 0.29) is 0 Å². The largest absolute Gasteiger partial charge is 0.334 e. The van der Waals surface area contributed by atoms with Crippen molar-refractivity contribution in [3.63, 3.8) is 0 Å². The lowest BCUT2D eigenvalue weighted by molar-refractivity contribution is 0.0745. The number of nitrogens with zero attached hydrogens (tertiary/aromatic N) is 3. The Morgan fingerprint density at radius 2 is 2.10 bits per heavy atom. The molecule has 0 amide bonds. The molecule has 0 aliphatic carbocycles. The molecular formula is C16H28N4. The van der Waals surface area contributed by atoms with Crippen molar-refractivity contribution in [2.24, 2.45) is 5.92 Å². The molecular weight excluding hydrogens is 248 g/mol. The summed E-state index contributed by atoms with van der Waals surface area (Å²) in [6.45, 7) is 7.94. The maximum absolute atomic E-state index is 4.57. The van der Waals surface area contributed by atoms with Crippen LogP contribution in [0.2, 0.25) is 0 Å². The lowest BCUT2D eigenvalue weighted by Crippen LogP contribution is -2.47. The summed E-state index contributed by atoms with van der Waals surface area (Å²) in [6, 6.07) is 0.785. The lowest BCUT2D eigenvalue weighted by Gasteiger charge is -2.41. The number of rotatable bonds is 4. The standard InChI is InChI=1S/C16H28N4/c1-2-19-12-10-18-16(19)13-20-11-4-3-5-15(20)14-6-8-17-9-7-14/h10,12,14-15,17H,2-9,11,13H2,1H3. The van der Waals surface area contributed by atoms with E-state index in [2.05, 4.69) is 32.9 Å². The third-order valence-electron chi connectivity index (χ3n) is 5.08. The Kier molecular flexibility index (Phi) is 4.73. The first kappa shape index (κ1) is 14.1. The Labute approximate surface area is 122 Å². The minimum absolute atomic E-state index is 0.785. The number of hydrogen-bond donors (Lipinski definition) is 1. The molecule has 0 saturated carbocycles. The third kappa shape index (κ3) is 3.07. The monoisotopic (exact) mass is 276 g/mol. The van der Waals surface area contributed by atoms with Crippen molar-refractivity contribution in [1.82, 2.24) is 19.8 Å². The first-order chi connectivity index (χ1) is 9.88. The Morgan fingerprint density at radius 3 is 2.90 bits per heavy atom. The second kappa shape index (κ2) is 6.72. The summed E-state index contributed by atoms with van der Waals surface area (Å²) in [7, 11) is 0. The predicted octanol–water partition coefficient (Wildman–Crippen LogP) is 2.26. The number of likely N-dealkylation sites (tertiary alicyclic amines) is 1. The minimum Gasteiger partial charge on any atom is -0.334 e. The highest BCUT2D eigenvalue weighted by atomic mass is 15.2. The quantitative estimate of drug-likeness (QED) is 0.915. The summed E-state index contributed by atoms with van der Waals surface area (Å²) in [5, 5.41) is 3.50. The van der Waals surface area contributed by atoms with Crippen LogP contribution in [0, 0.1) is 5.92 Å². The first-order valence-corrected chi connectivity index (χ1v) is 8.33. The summed E-state index contributed by atoms with van der Waals surface area (Å²) in [4.78, 5) is 7.29. The molecule has 1 unspecified atom stereocenters. The molecule has 4 heteroatoms. The predicted molar refractivity (Wildman–Crippen MR) is 81.5 cm³/mol. The van der Waals surface area contributed by atoms with E-state index in [9.17, 15) is 0 Å². The van der Waals surface area contributed by atoms with Crippen LogP contribution >= 0.6 is 0 Å². The van der Waals surface area contributed by atoms with E-state index >= 15 is 0 Å². The molecule has 3 heterocycles. The SMILES string of the molecule is CCn1ccnc1CN1CCCCC1C1CCNCC1. The normalized spacial score (nSPS) is 25.9. The van der Waals surface area contributed by atoms with Gasteiger partial charge in [-0.1, -0.05) is 6.42 Å². The summed E-state index contributed by atoms with van der Waals surface area (Å²) < 4.78 is 2.29. The van der Waals surface area contributed by atoms with E-state index in [1.165, 1.54) is 57.6 Å². The Balaban J connectivity index is 1.68. The molecule has 0 radical (unpaired) electrons. The lowest BCUT2D eigenvalue weighted by atomic mass is 9.84. The Bertz CT molecular complexity index is 408. The molecule has 1 N–H and O–H groups in total. The van der Waals surface area contributed by atoms with Gasteiger partial charge in [-0.2, -0.15) is 0 Å². The van der Waals surface area contributed by atoms with Crippen LogP contribution in [0.1, 0.15) is 44.9 Å². The van der Waals surface area contributed by atoms with Crippen molar-refractivity contribution in [3.05, 3.63) is 18.2 Å². The summed E-state index contributed by atoms with van der Waals surface area (Å²) in [6.07, 6.45) is 10.9. The van der Waals surface area contributed by atoms with Gasteiger partial charge in [-0.25, -0.2) is 4.98 Å². The topological polar surface area (TPSA) is 33.1 Å². The fraction of sp³-hybridized carbons (Fsp3) is 0.812. The molecule has 1 aromatic rings. The van der Waals surface area contributed by atoms with Gasteiger partial charge in [0.05, 0.1) is 6.54 Å². The van der Waals surface area contributed by atoms with Gasteiger partial charge in [-0.05, 0) is 58.2 Å². The molecule has 3 rings (SSSR count). The van der Waals surface area contributed by atoms with Crippen molar-refractivity contribution in [2.75, 3.05) is 19.6 Å². The Morgan fingerprint density at radius 1 is 1.25 bits per heavy atom. The second-order valence-electron chi connectivity index (χ2n) is 6.25. The van der Waals surface area contributed by atoms with Crippen molar-refractivity contribution in [2.45, 2.75) is 58.2 Å². The fourth-order valence-electron chi connectivity index (χ4n) is 3.94. The van der Waals surface area contributed by atoms with E-state index < -0.39 is 0 Å². The molecule has 0 spiro atoms.